The van der Waals surface area contributed by atoms with Crippen molar-refractivity contribution in [1.82, 2.24) is 0 Å². The van der Waals surface area contributed by atoms with E-state index in [-0.39, 0.29) is 0 Å². The molecule has 0 spiro atoms. The second-order valence-electron chi connectivity index (χ2n) is 35.1. The molecule has 6 atom stereocenters. The minimum absolute atomic E-state index is 0.351. The summed E-state index contributed by atoms with van der Waals surface area (Å²) < 4.78 is 40.0. The molecule has 16 bridgehead atoms. The fraction of sp³-hybridized carbons (Fsp3) is 1.00. The molecule has 0 saturated heterocycles. The van der Waals surface area contributed by atoms with E-state index in [0.29, 0.717) is 41.3 Å². The van der Waals surface area contributed by atoms with Gasteiger partial charge in [-0.2, -0.15) is 0 Å². The first-order chi connectivity index (χ1) is 43.0. The molecule has 19 saturated carbocycles. The molecule has 7 nitrogen and oxygen atoms in total. The van der Waals surface area contributed by atoms with E-state index in [1.165, 1.54) is 186 Å². The van der Waals surface area contributed by atoms with Crippen LogP contribution in [0.2, 0.25) is 0 Å². The number of hydrogen-bond donors (Lipinski definition) is 0. The highest BCUT2D eigenvalue weighted by Crippen LogP contribution is 2.61. The van der Waals surface area contributed by atoms with Crippen LogP contribution in [0.5, 0.6) is 0 Å². The number of rotatable bonds is 18. The van der Waals surface area contributed by atoms with Crippen LogP contribution in [0.3, 0.4) is 0 Å². The van der Waals surface area contributed by atoms with Crippen molar-refractivity contribution in [2.45, 2.75) is 331 Å². The monoisotopic (exact) mass is 1250 g/mol. The van der Waals surface area contributed by atoms with E-state index >= 15 is 0 Å². The molecule has 0 aromatic heterocycles. The molecule has 19 fully saturated rings. The molecule has 0 amide bonds. The lowest BCUT2D eigenvalue weighted by Gasteiger charge is -2.56. The zero-order valence-electron chi connectivity index (χ0n) is 61.0. The van der Waals surface area contributed by atoms with Crippen LogP contribution in [0.15, 0.2) is 0 Å². The third-order valence-electron chi connectivity index (χ3n) is 27.7. The van der Waals surface area contributed by atoms with Crippen LogP contribution in [0.4, 0.5) is 0 Å². The number of hydrogen-bond acceptors (Lipinski definition) is 7. The van der Waals surface area contributed by atoms with Crippen molar-refractivity contribution in [2.24, 2.45) is 130 Å². The minimum Gasteiger partial charge on any atom is -0.381 e. The molecular formula is C82H148O7. The Hall–Kier alpha value is -0.280. The molecule has 0 N–H and O–H groups in total. The third-order valence-corrected chi connectivity index (χ3v) is 27.7. The van der Waals surface area contributed by atoms with Crippen LogP contribution in [-0.2, 0) is 33.2 Å². The molecule has 0 heterocycles. The predicted octanol–water partition coefficient (Wildman–Crippen LogP) is 21.5. The molecule has 19 aliphatic carbocycles. The van der Waals surface area contributed by atoms with Gasteiger partial charge >= 0.3 is 0 Å². The van der Waals surface area contributed by atoms with E-state index in [0.717, 1.165) is 171 Å². The van der Waals surface area contributed by atoms with Gasteiger partial charge in [0.05, 0.1) is 36.6 Å². The molecule has 6 unspecified atom stereocenters. The number of ether oxygens (including phenoxy) is 7. The van der Waals surface area contributed by atoms with E-state index in [2.05, 4.69) is 83.1 Å². The molecular weight excluding hydrogens is 1100 g/mol. The largest absolute Gasteiger partial charge is 0.381 e. The van der Waals surface area contributed by atoms with Crippen LogP contribution in [-0.4, -0.2) is 90.0 Å². The summed E-state index contributed by atoms with van der Waals surface area (Å²) in [5, 5.41) is 0. The fourth-order valence-corrected chi connectivity index (χ4v) is 24.6. The summed E-state index contributed by atoms with van der Waals surface area (Å²) in [6.45, 7) is 33.7. The van der Waals surface area contributed by atoms with Crippen LogP contribution in [0, 0.1) is 130 Å². The summed E-state index contributed by atoms with van der Waals surface area (Å²) in [4.78, 5) is 0. The zero-order valence-corrected chi connectivity index (χ0v) is 61.0. The zero-order chi connectivity index (χ0) is 63.1. The van der Waals surface area contributed by atoms with E-state index in [4.69, 9.17) is 33.2 Å². The van der Waals surface area contributed by atoms with Crippen LogP contribution in [0.25, 0.3) is 0 Å². The quantitative estimate of drug-likeness (QED) is 0.135. The molecule has 518 valence electrons. The Bertz CT molecular complexity index is 1810. The maximum absolute atomic E-state index is 6.04. The van der Waals surface area contributed by atoms with E-state index in [1.54, 1.807) is 39.2 Å². The summed E-state index contributed by atoms with van der Waals surface area (Å²) in [6.07, 6.45) is 52.2. The van der Waals surface area contributed by atoms with Crippen LogP contribution < -0.4 is 0 Å². The summed E-state index contributed by atoms with van der Waals surface area (Å²) in [5.74, 6) is 20.7. The first kappa shape index (κ1) is 73.0. The predicted molar refractivity (Wildman–Crippen MR) is 371 cm³/mol. The van der Waals surface area contributed by atoms with Crippen LogP contribution in [0.1, 0.15) is 301 Å². The third kappa shape index (κ3) is 20.6. The van der Waals surface area contributed by atoms with Gasteiger partial charge < -0.3 is 33.2 Å². The lowest BCUT2D eigenvalue weighted by molar-refractivity contribution is -0.159. The smallest absolute Gasteiger partial charge is 0.0690 e. The van der Waals surface area contributed by atoms with Crippen molar-refractivity contribution in [2.75, 3.05) is 60.0 Å². The van der Waals surface area contributed by atoms with E-state index in [9.17, 15) is 0 Å². The van der Waals surface area contributed by atoms with Gasteiger partial charge in [0, 0.05) is 53.4 Å². The normalized spacial score (nSPS) is 43.2. The minimum atomic E-state index is 0.351. The summed E-state index contributed by atoms with van der Waals surface area (Å²) in [7, 11) is 1.74. The van der Waals surface area contributed by atoms with Crippen molar-refractivity contribution in [3.05, 3.63) is 0 Å². The van der Waals surface area contributed by atoms with Crippen molar-refractivity contribution in [3.8, 4) is 0 Å². The molecule has 19 aliphatic rings. The van der Waals surface area contributed by atoms with Gasteiger partial charge in [0.1, 0.15) is 0 Å². The standard InChI is InChI=1S/C14H26O.2C13H22O.2C12H20O.C12H24O.C6H14O/c1-2-15-14-10-6-9-13(11-14)12-7-4-3-5-8-12;1-2-14-9-13-6-10-3-11(7-13)5-12(4-10)8-13;1-2-14-8-13-11-4-9-3-10(6-11)7-12(13)5-9;1-2-13-12-6-9-3-10(7-12)5-11(4-9)8-12;1-2-13-12-10-4-8-3-9(6-10)7-11(12)5-8;1-5-13-12-8-10(4)6-7-11(12)9(2)3;1-5(2)6(3)7-4/h12-14H,2-11H2,1H3;10-12H,2-9H2,1H3;9-13H,2-8H2,1H3;9-11H,2-8H2,1H3;8-12H,2-7H2,1H3;9-12H,5-8H2,1-4H3;5-6H,1-4H3. The second-order valence-corrected chi connectivity index (χ2v) is 35.1. The summed E-state index contributed by atoms with van der Waals surface area (Å²) in [6, 6.07) is 0. The van der Waals surface area contributed by atoms with Gasteiger partial charge in [-0.3, -0.25) is 0 Å². The van der Waals surface area contributed by atoms with Gasteiger partial charge in [-0.1, -0.05) is 79.6 Å². The van der Waals surface area contributed by atoms with Crippen molar-refractivity contribution in [3.63, 3.8) is 0 Å². The van der Waals surface area contributed by atoms with E-state index < -0.39 is 0 Å². The molecule has 89 heavy (non-hydrogen) atoms. The molecule has 0 aromatic carbocycles. The fourth-order valence-electron chi connectivity index (χ4n) is 24.6. The van der Waals surface area contributed by atoms with Crippen molar-refractivity contribution >= 4 is 0 Å². The van der Waals surface area contributed by atoms with Gasteiger partial charge in [0.25, 0.3) is 0 Å². The Morgan fingerprint density at radius 1 is 0.393 bits per heavy atom. The highest BCUT2D eigenvalue weighted by atomic mass is 16.5. The molecule has 7 heteroatoms. The maximum Gasteiger partial charge on any atom is 0.0690 e. The average Bonchev–Trinajstić information content (AvgIpc) is 0.998. The van der Waals surface area contributed by atoms with Crippen molar-refractivity contribution < 1.29 is 33.2 Å². The Morgan fingerprint density at radius 3 is 1.30 bits per heavy atom. The summed E-state index contributed by atoms with van der Waals surface area (Å²) >= 11 is 0. The van der Waals surface area contributed by atoms with Gasteiger partial charge in [-0.25, -0.2) is 0 Å². The lowest BCUT2D eigenvalue weighted by atomic mass is 9.50. The Kier molecular flexibility index (Phi) is 29.4. The highest BCUT2D eigenvalue weighted by molar-refractivity contribution is 5.04. The average molecular weight is 1250 g/mol. The van der Waals surface area contributed by atoms with Crippen LogP contribution >= 0.6 is 0 Å². The van der Waals surface area contributed by atoms with Gasteiger partial charge in [0.15, 0.2) is 0 Å². The van der Waals surface area contributed by atoms with Gasteiger partial charge in [-0.05, 0) is 352 Å². The van der Waals surface area contributed by atoms with E-state index in [1.807, 2.05) is 0 Å². The second kappa shape index (κ2) is 35.8. The van der Waals surface area contributed by atoms with Gasteiger partial charge in [0.2, 0.25) is 0 Å². The first-order valence-electron chi connectivity index (χ1n) is 40.2. The molecule has 0 aliphatic heterocycles. The Labute approximate surface area is 551 Å². The SMILES string of the molecule is CCOC12CC3CC(CC(C3)C1)C2.CCOC1C2CC3CC(C2)CC1C3.CCOC1CC(C)CCC1C(C)C.CCOC1CCCC(C2CCCCC2)C1.CCOCC12CC3CC(CC(C3)C1)C2.CCOCC1C2CC3CC(C2)CC1C3.COC(C)C(C)C. The first-order valence-corrected chi connectivity index (χ1v) is 40.2. The topological polar surface area (TPSA) is 64.6 Å². The molecule has 19 rings (SSSR count). The summed E-state index contributed by atoms with van der Waals surface area (Å²) in [5.41, 5.74) is 0.980. The van der Waals surface area contributed by atoms with Gasteiger partial charge in [-0.15, -0.1) is 0 Å². The van der Waals surface area contributed by atoms with Crippen molar-refractivity contribution in [1.29, 1.82) is 0 Å². The highest BCUT2D eigenvalue weighted by Gasteiger charge is 2.53. The number of methoxy groups -OCH3 is 1. The molecule has 0 radical (unpaired) electrons. The molecule has 0 aromatic rings. The lowest BCUT2D eigenvalue weighted by Crippen LogP contribution is -2.51. The Balaban J connectivity index is 0.000000124. The Morgan fingerprint density at radius 2 is 0.865 bits per heavy atom. The maximum atomic E-state index is 6.04.